The number of hydrogen-bond acceptors (Lipinski definition) is 3. The van der Waals surface area contributed by atoms with E-state index in [2.05, 4.69) is 23.3 Å². The molecule has 0 aromatic carbocycles. The standard InChI is InChI=1S/C13H20N2O/c1-3-15-13(10-5-4-6-10)11-7-8-14-9-12(11)16-2/h7-10,13,15H,3-6H2,1-2H3. The molecule has 1 unspecified atom stereocenters. The molecule has 16 heavy (non-hydrogen) atoms. The molecule has 1 aliphatic rings. The van der Waals surface area contributed by atoms with Crippen LogP contribution in [-0.2, 0) is 0 Å². The summed E-state index contributed by atoms with van der Waals surface area (Å²) in [7, 11) is 1.71. The highest BCUT2D eigenvalue weighted by atomic mass is 16.5. The third-order valence-electron chi connectivity index (χ3n) is 3.42. The summed E-state index contributed by atoms with van der Waals surface area (Å²) in [4.78, 5) is 4.11. The zero-order chi connectivity index (χ0) is 11.4. The van der Waals surface area contributed by atoms with E-state index >= 15 is 0 Å². The highest BCUT2D eigenvalue weighted by Crippen LogP contribution is 2.40. The van der Waals surface area contributed by atoms with Crippen molar-refractivity contribution in [1.82, 2.24) is 10.3 Å². The molecule has 0 bridgehead atoms. The van der Waals surface area contributed by atoms with Crippen LogP contribution in [0.15, 0.2) is 18.5 Å². The molecule has 1 saturated carbocycles. The number of rotatable bonds is 5. The second-order valence-electron chi connectivity index (χ2n) is 4.34. The Kier molecular flexibility index (Phi) is 3.78. The van der Waals surface area contributed by atoms with E-state index in [1.54, 1.807) is 13.3 Å². The van der Waals surface area contributed by atoms with Crippen LogP contribution in [0.1, 0.15) is 37.8 Å². The van der Waals surface area contributed by atoms with Gasteiger partial charge in [-0.3, -0.25) is 4.98 Å². The lowest BCUT2D eigenvalue weighted by atomic mass is 9.77. The third-order valence-corrected chi connectivity index (χ3v) is 3.42. The summed E-state index contributed by atoms with van der Waals surface area (Å²) in [5.41, 5.74) is 1.25. The van der Waals surface area contributed by atoms with E-state index < -0.39 is 0 Å². The van der Waals surface area contributed by atoms with Gasteiger partial charge in [-0.05, 0) is 31.4 Å². The maximum absolute atomic E-state index is 5.39. The second-order valence-corrected chi connectivity index (χ2v) is 4.34. The number of methoxy groups -OCH3 is 1. The number of hydrogen-bond donors (Lipinski definition) is 1. The highest BCUT2D eigenvalue weighted by Gasteiger charge is 2.29. The lowest BCUT2D eigenvalue weighted by Gasteiger charge is -2.35. The van der Waals surface area contributed by atoms with Crippen molar-refractivity contribution in [2.75, 3.05) is 13.7 Å². The quantitative estimate of drug-likeness (QED) is 0.828. The molecule has 0 radical (unpaired) electrons. The topological polar surface area (TPSA) is 34.2 Å². The first-order valence-electron chi connectivity index (χ1n) is 6.08. The van der Waals surface area contributed by atoms with Crippen molar-refractivity contribution in [3.05, 3.63) is 24.0 Å². The Hall–Kier alpha value is -1.09. The Morgan fingerprint density at radius 1 is 1.56 bits per heavy atom. The minimum Gasteiger partial charge on any atom is -0.495 e. The van der Waals surface area contributed by atoms with E-state index in [0.717, 1.165) is 18.2 Å². The summed E-state index contributed by atoms with van der Waals surface area (Å²) in [6.45, 7) is 3.14. The summed E-state index contributed by atoms with van der Waals surface area (Å²) >= 11 is 0. The van der Waals surface area contributed by atoms with Crippen molar-refractivity contribution in [3.63, 3.8) is 0 Å². The third kappa shape index (κ3) is 2.19. The predicted octanol–water partition coefficient (Wildman–Crippen LogP) is 2.54. The van der Waals surface area contributed by atoms with Gasteiger partial charge in [0.05, 0.1) is 13.3 Å². The zero-order valence-corrected chi connectivity index (χ0v) is 10.1. The summed E-state index contributed by atoms with van der Waals surface area (Å²) in [6, 6.07) is 2.50. The molecule has 1 N–H and O–H groups in total. The van der Waals surface area contributed by atoms with Crippen LogP contribution in [0.25, 0.3) is 0 Å². The fourth-order valence-electron chi connectivity index (χ4n) is 2.34. The van der Waals surface area contributed by atoms with Crippen LogP contribution in [0.5, 0.6) is 5.75 Å². The molecule has 1 aromatic rings. The van der Waals surface area contributed by atoms with Gasteiger partial charge in [0.15, 0.2) is 0 Å². The first-order valence-corrected chi connectivity index (χ1v) is 6.08. The highest BCUT2D eigenvalue weighted by molar-refractivity contribution is 5.33. The molecular weight excluding hydrogens is 200 g/mol. The molecule has 0 saturated heterocycles. The van der Waals surface area contributed by atoms with E-state index in [1.165, 1.54) is 24.8 Å². The van der Waals surface area contributed by atoms with Crippen LogP contribution in [-0.4, -0.2) is 18.6 Å². The van der Waals surface area contributed by atoms with Gasteiger partial charge >= 0.3 is 0 Å². The van der Waals surface area contributed by atoms with Gasteiger partial charge in [-0.2, -0.15) is 0 Å². The molecule has 3 nitrogen and oxygen atoms in total. The van der Waals surface area contributed by atoms with Crippen LogP contribution in [0, 0.1) is 5.92 Å². The van der Waals surface area contributed by atoms with Crippen LogP contribution in [0.3, 0.4) is 0 Å². The molecule has 0 spiro atoms. The Morgan fingerprint density at radius 3 is 2.94 bits per heavy atom. The van der Waals surface area contributed by atoms with Crippen LogP contribution < -0.4 is 10.1 Å². The van der Waals surface area contributed by atoms with E-state index in [1.807, 2.05) is 6.20 Å². The normalized spacial score (nSPS) is 17.9. The first kappa shape index (κ1) is 11.4. The lowest BCUT2D eigenvalue weighted by molar-refractivity contribution is 0.228. The SMILES string of the molecule is CCNC(c1ccncc1OC)C1CCC1. The molecule has 0 aliphatic heterocycles. The van der Waals surface area contributed by atoms with Crippen molar-refractivity contribution in [2.45, 2.75) is 32.2 Å². The minimum atomic E-state index is 0.428. The van der Waals surface area contributed by atoms with E-state index in [0.29, 0.717) is 6.04 Å². The Morgan fingerprint density at radius 2 is 2.38 bits per heavy atom. The Balaban J connectivity index is 2.22. The first-order chi connectivity index (χ1) is 7.86. The maximum Gasteiger partial charge on any atom is 0.141 e. The predicted molar refractivity (Wildman–Crippen MR) is 64.5 cm³/mol. The Bertz CT molecular complexity index is 336. The van der Waals surface area contributed by atoms with Gasteiger partial charge in [0.25, 0.3) is 0 Å². The van der Waals surface area contributed by atoms with Crippen LogP contribution in [0.2, 0.25) is 0 Å². The molecule has 1 heterocycles. The van der Waals surface area contributed by atoms with Crippen LogP contribution >= 0.6 is 0 Å². The van der Waals surface area contributed by atoms with Crippen molar-refractivity contribution in [3.8, 4) is 5.75 Å². The average Bonchev–Trinajstić information content (AvgIpc) is 2.26. The van der Waals surface area contributed by atoms with Crippen molar-refractivity contribution in [2.24, 2.45) is 5.92 Å². The summed E-state index contributed by atoms with van der Waals surface area (Å²) in [5.74, 6) is 1.66. The molecule has 1 atom stereocenters. The minimum absolute atomic E-state index is 0.428. The summed E-state index contributed by atoms with van der Waals surface area (Å²) < 4.78 is 5.39. The van der Waals surface area contributed by atoms with Gasteiger partial charge in [-0.15, -0.1) is 0 Å². The smallest absolute Gasteiger partial charge is 0.141 e. The summed E-state index contributed by atoms with van der Waals surface area (Å²) in [6.07, 6.45) is 7.66. The number of aromatic nitrogens is 1. The van der Waals surface area contributed by atoms with E-state index in [-0.39, 0.29) is 0 Å². The molecule has 1 aromatic heterocycles. The molecular formula is C13H20N2O. The van der Waals surface area contributed by atoms with Gasteiger partial charge < -0.3 is 10.1 Å². The fourth-order valence-corrected chi connectivity index (χ4v) is 2.34. The molecule has 2 rings (SSSR count). The largest absolute Gasteiger partial charge is 0.495 e. The molecule has 1 fully saturated rings. The molecule has 1 aliphatic carbocycles. The summed E-state index contributed by atoms with van der Waals surface area (Å²) in [5, 5.41) is 3.57. The monoisotopic (exact) mass is 220 g/mol. The van der Waals surface area contributed by atoms with Crippen LogP contribution in [0.4, 0.5) is 0 Å². The van der Waals surface area contributed by atoms with Gasteiger partial charge in [0.2, 0.25) is 0 Å². The lowest BCUT2D eigenvalue weighted by Crippen LogP contribution is -2.32. The number of pyridine rings is 1. The molecule has 3 heteroatoms. The number of nitrogens with one attached hydrogen (secondary N) is 1. The number of nitrogens with zero attached hydrogens (tertiary/aromatic N) is 1. The van der Waals surface area contributed by atoms with Crippen molar-refractivity contribution in [1.29, 1.82) is 0 Å². The van der Waals surface area contributed by atoms with Gasteiger partial charge in [0.1, 0.15) is 5.75 Å². The van der Waals surface area contributed by atoms with Gasteiger partial charge in [-0.1, -0.05) is 13.3 Å². The fraction of sp³-hybridized carbons (Fsp3) is 0.615. The average molecular weight is 220 g/mol. The van der Waals surface area contributed by atoms with E-state index in [4.69, 9.17) is 4.74 Å². The van der Waals surface area contributed by atoms with Gasteiger partial charge in [0, 0.05) is 17.8 Å². The number of ether oxygens (including phenoxy) is 1. The zero-order valence-electron chi connectivity index (χ0n) is 10.1. The van der Waals surface area contributed by atoms with Crippen molar-refractivity contribution < 1.29 is 4.74 Å². The Labute approximate surface area is 97.2 Å². The van der Waals surface area contributed by atoms with Gasteiger partial charge in [-0.25, -0.2) is 0 Å². The molecule has 0 amide bonds. The second kappa shape index (κ2) is 5.30. The molecule has 88 valence electrons. The van der Waals surface area contributed by atoms with E-state index in [9.17, 15) is 0 Å². The van der Waals surface area contributed by atoms with Crippen molar-refractivity contribution >= 4 is 0 Å². The maximum atomic E-state index is 5.39.